The van der Waals surface area contributed by atoms with Crippen molar-refractivity contribution in [2.45, 2.75) is 32.6 Å². The van der Waals surface area contributed by atoms with E-state index in [0.717, 1.165) is 12.8 Å². The van der Waals surface area contributed by atoms with Gasteiger partial charge in [-0.05, 0) is 30.7 Å². The summed E-state index contributed by atoms with van der Waals surface area (Å²) in [6.45, 7) is 3.57. The third-order valence-corrected chi connectivity index (χ3v) is 3.37. The summed E-state index contributed by atoms with van der Waals surface area (Å²) in [7, 11) is 3.18. The van der Waals surface area contributed by atoms with Crippen LogP contribution in [0.5, 0.6) is 5.75 Å². The number of ether oxygens (including phenoxy) is 3. The molecule has 0 fully saturated rings. The second-order valence-electron chi connectivity index (χ2n) is 5.27. The maximum atomic E-state index is 12.3. The van der Waals surface area contributed by atoms with E-state index in [9.17, 15) is 4.79 Å². The Labute approximate surface area is 144 Å². The maximum absolute atomic E-state index is 12.3. The molecule has 0 aliphatic rings. The molecule has 1 N–H and O–H groups in total. The number of nitrogens with zero attached hydrogens (tertiary/aromatic N) is 1. The van der Waals surface area contributed by atoms with Crippen LogP contribution >= 0.6 is 0 Å². The molecule has 0 saturated heterocycles. The molecule has 1 aromatic carbocycles. The molecule has 6 heteroatoms. The summed E-state index contributed by atoms with van der Waals surface area (Å²) in [5.41, 5.74) is 0.518. The minimum absolute atomic E-state index is 0.240. The highest BCUT2D eigenvalue weighted by Crippen LogP contribution is 2.11. The van der Waals surface area contributed by atoms with Gasteiger partial charge in [-0.25, -0.2) is 4.99 Å². The van der Waals surface area contributed by atoms with Gasteiger partial charge in [0.15, 0.2) is 0 Å². The van der Waals surface area contributed by atoms with Crippen molar-refractivity contribution < 1.29 is 19.0 Å². The molecule has 0 spiro atoms. The molecule has 0 unspecified atom stereocenters. The van der Waals surface area contributed by atoms with E-state index in [-0.39, 0.29) is 11.9 Å². The Bertz CT molecular complexity index is 500. The lowest BCUT2D eigenvalue weighted by molar-refractivity contribution is 0.0954. The number of nitrogens with one attached hydrogen (secondary N) is 1. The number of amides is 1. The molecule has 1 aromatic rings. The standard InChI is InChI=1S/C18H28N2O4/c1-4-5-6-7-12-19-18(24-14-13-22-2)20-17(21)15-8-10-16(23-3)11-9-15/h8-11H,4-7,12-14H2,1-3H3,(H,19,20,21). The fourth-order valence-corrected chi connectivity index (χ4v) is 1.97. The third kappa shape index (κ3) is 7.97. The van der Waals surface area contributed by atoms with Gasteiger partial charge in [-0.2, -0.15) is 0 Å². The first-order valence-electron chi connectivity index (χ1n) is 8.32. The van der Waals surface area contributed by atoms with Crippen molar-refractivity contribution in [3.8, 4) is 5.75 Å². The molecular weight excluding hydrogens is 308 g/mol. The maximum Gasteiger partial charge on any atom is 0.291 e. The van der Waals surface area contributed by atoms with Crippen LogP contribution in [-0.4, -0.2) is 45.9 Å². The molecule has 0 aromatic heterocycles. The Morgan fingerprint density at radius 1 is 1.08 bits per heavy atom. The largest absolute Gasteiger partial charge is 0.497 e. The van der Waals surface area contributed by atoms with E-state index in [1.807, 2.05) is 0 Å². The van der Waals surface area contributed by atoms with Gasteiger partial charge in [-0.3, -0.25) is 10.1 Å². The van der Waals surface area contributed by atoms with Crippen molar-refractivity contribution in [3.63, 3.8) is 0 Å². The number of rotatable bonds is 10. The number of hydrogen-bond donors (Lipinski definition) is 1. The molecule has 0 atom stereocenters. The Kier molecular flexibility index (Phi) is 10.3. The Morgan fingerprint density at radius 3 is 2.46 bits per heavy atom. The lowest BCUT2D eigenvalue weighted by Gasteiger charge is -2.11. The first-order chi connectivity index (χ1) is 11.7. The van der Waals surface area contributed by atoms with Gasteiger partial charge in [0.05, 0.1) is 13.7 Å². The summed E-state index contributed by atoms with van der Waals surface area (Å²) in [6.07, 6.45) is 4.46. The van der Waals surface area contributed by atoms with Crippen LogP contribution in [0.3, 0.4) is 0 Å². The van der Waals surface area contributed by atoms with Crippen LogP contribution in [0.15, 0.2) is 29.3 Å². The predicted octanol–water partition coefficient (Wildman–Crippen LogP) is 3.02. The molecule has 0 bridgehead atoms. The van der Waals surface area contributed by atoms with Gasteiger partial charge < -0.3 is 14.2 Å². The highest BCUT2D eigenvalue weighted by atomic mass is 16.5. The van der Waals surface area contributed by atoms with E-state index < -0.39 is 0 Å². The number of carbonyl (C=O) groups excluding carboxylic acids is 1. The average molecular weight is 336 g/mol. The lowest BCUT2D eigenvalue weighted by Crippen LogP contribution is -2.33. The second kappa shape index (κ2) is 12.4. The number of carbonyl (C=O) groups is 1. The van der Waals surface area contributed by atoms with Crippen LogP contribution in [0.1, 0.15) is 43.0 Å². The molecule has 0 aliphatic carbocycles. The minimum atomic E-state index is -0.262. The minimum Gasteiger partial charge on any atom is -0.497 e. The fraction of sp³-hybridized carbons (Fsp3) is 0.556. The summed E-state index contributed by atoms with van der Waals surface area (Å²) in [5, 5.41) is 2.71. The lowest BCUT2D eigenvalue weighted by atomic mass is 10.2. The zero-order valence-electron chi connectivity index (χ0n) is 14.8. The van der Waals surface area contributed by atoms with E-state index in [4.69, 9.17) is 14.2 Å². The van der Waals surface area contributed by atoms with Crippen molar-refractivity contribution >= 4 is 11.9 Å². The van der Waals surface area contributed by atoms with E-state index in [0.29, 0.717) is 31.1 Å². The number of aliphatic imine (C=N–C) groups is 1. The first-order valence-corrected chi connectivity index (χ1v) is 8.32. The molecule has 6 nitrogen and oxygen atoms in total. The number of methoxy groups -OCH3 is 2. The topological polar surface area (TPSA) is 69.2 Å². The van der Waals surface area contributed by atoms with Crippen LogP contribution in [0, 0.1) is 0 Å². The van der Waals surface area contributed by atoms with Crippen LogP contribution in [0.2, 0.25) is 0 Å². The van der Waals surface area contributed by atoms with E-state index >= 15 is 0 Å². The normalized spacial score (nSPS) is 11.2. The molecule has 0 aliphatic heterocycles. The quantitative estimate of drug-likeness (QED) is 0.405. The van der Waals surface area contributed by atoms with Crippen molar-refractivity contribution in [3.05, 3.63) is 29.8 Å². The Balaban J connectivity index is 2.60. The van der Waals surface area contributed by atoms with Crippen LogP contribution in [0.25, 0.3) is 0 Å². The number of hydrogen-bond acceptors (Lipinski definition) is 5. The second-order valence-corrected chi connectivity index (χ2v) is 5.27. The van der Waals surface area contributed by atoms with E-state index in [1.54, 1.807) is 38.5 Å². The highest BCUT2D eigenvalue weighted by Gasteiger charge is 2.10. The number of unbranched alkanes of at least 4 members (excludes halogenated alkanes) is 3. The van der Waals surface area contributed by atoms with Crippen molar-refractivity contribution in [1.29, 1.82) is 0 Å². The van der Waals surface area contributed by atoms with E-state index in [1.165, 1.54) is 12.8 Å². The Hall–Kier alpha value is -2.08. The summed E-state index contributed by atoms with van der Waals surface area (Å²) in [5.74, 6) is 0.440. The van der Waals surface area contributed by atoms with Crippen molar-refractivity contribution in [2.24, 2.45) is 4.99 Å². The fourth-order valence-electron chi connectivity index (χ4n) is 1.97. The smallest absolute Gasteiger partial charge is 0.291 e. The van der Waals surface area contributed by atoms with Crippen molar-refractivity contribution in [2.75, 3.05) is 34.0 Å². The molecule has 0 saturated carbocycles. The highest BCUT2D eigenvalue weighted by molar-refractivity contribution is 6.04. The zero-order chi connectivity index (χ0) is 17.6. The van der Waals surface area contributed by atoms with Gasteiger partial charge >= 0.3 is 0 Å². The van der Waals surface area contributed by atoms with Crippen LogP contribution in [-0.2, 0) is 9.47 Å². The zero-order valence-corrected chi connectivity index (χ0v) is 14.8. The molecule has 0 radical (unpaired) electrons. The monoisotopic (exact) mass is 336 g/mol. The van der Waals surface area contributed by atoms with Gasteiger partial charge in [0.25, 0.3) is 11.9 Å². The number of benzene rings is 1. The summed E-state index contributed by atoms with van der Waals surface area (Å²) >= 11 is 0. The van der Waals surface area contributed by atoms with Crippen molar-refractivity contribution in [1.82, 2.24) is 5.32 Å². The number of amidine groups is 1. The molecule has 1 amide bonds. The molecule has 1 rings (SSSR count). The van der Waals surface area contributed by atoms with Gasteiger partial charge in [0.1, 0.15) is 12.4 Å². The van der Waals surface area contributed by atoms with Crippen LogP contribution in [0.4, 0.5) is 0 Å². The predicted molar refractivity (Wildman–Crippen MR) is 94.7 cm³/mol. The molecule has 24 heavy (non-hydrogen) atoms. The van der Waals surface area contributed by atoms with E-state index in [2.05, 4.69) is 17.2 Å². The van der Waals surface area contributed by atoms with Gasteiger partial charge in [0, 0.05) is 19.2 Å². The summed E-state index contributed by atoms with van der Waals surface area (Å²) < 4.78 is 15.5. The summed E-state index contributed by atoms with van der Waals surface area (Å²) in [6, 6.07) is 7.11. The Morgan fingerprint density at radius 2 is 1.83 bits per heavy atom. The van der Waals surface area contributed by atoms with Gasteiger partial charge in [0.2, 0.25) is 0 Å². The van der Waals surface area contributed by atoms with Gasteiger partial charge in [-0.15, -0.1) is 0 Å². The molecular formula is C18H28N2O4. The van der Waals surface area contributed by atoms with Crippen LogP contribution < -0.4 is 10.1 Å². The SMILES string of the molecule is CCCCCCN=C(NC(=O)c1ccc(OC)cc1)OCCOC. The average Bonchev–Trinajstić information content (AvgIpc) is 2.61. The third-order valence-electron chi connectivity index (χ3n) is 3.37. The molecule has 0 heterocycles. The first kappa shape index (κ1) is 20.0. The summed E-state index contributed by atoms with van der Waals surface area (Å²) in [4.78, 5) is 16.6. The molecule has 134 valence electrons. The van der Waals surface area contributed by atoms with Gasteiger partial charge in [-0.1, -0.05) is 26.2 Å².